The first-order valence-corrected chi connectivity index (χ1v) is 8.52. The van der Waals surface area contributed by atoms with Crippen molar-refractivity contribution in [2.24, 2.45) is 5.92 Å². The average molecular weight is 366 g/mol. The Morgan fingerprint density at radius 3 is 2.72 bits per heavy atom. The number of benzene rings is 1. The summed E-state index contributed by atoms with van der Waals surface area (Å²) in [5.41, 5.74) is 1.74. The van der Waals surface area contributed by atoms with E-state index in [-0.39, 0.29) is 35.3 Å². The molecule has 1 heterocycles. The first kappa shape index (κ1) is 18.1. The minimum Gasteiger partial charge on any atom is -1.00 e. The topological polar surface area (TPSA) is 60.2 Å². The number of phenols is 1. The summed E-state index contributed by atoms with van der Waals surface area (Å²) in [5.74, 6) is 1.40. The van der Waals surface area contributed by atoms with E-state index in [2.05, 4.69) is 13.1 Å². The Hall–Kier alpha value is -1.72. The van der Waals surface area contributed by atoms with E-state index in [9.17, 15) is 9.90 Å². The number of quaternary nitrogens is 1. The second-order valence-electron chi connectivity index (χ2n) is 7.32. The van der Waals surface area contributed by atoms with Crippen LogP contribution in [0.25, 0.3) is 0 Å². The van der Waals surface area contributed by atoms with Gasteiger partial charge < -0.3 is 31.9 Å². The Bertz CT molecular complexity index is 747. The summed E-state index contributed by atoms with van der Waals surface area (Å²) in [5, 5.41) is 10.9. The van der Waals surface area contributed by atoms with Crippen LogP contribution in [0.3, 0.4) is 0 Å². The van der Waals surface area contributed by atoms with Crippen molar-refractivity contribution >= 4 is 5.78 Å². The summed E-state index contributed by atoms with van der Waals surface area (Å²) in [6, 6.07) is 4.28. The smallest absolute Gasteiger partial charge is 0.197 e. The van der Waals surface area contributed by atoms with Crippen LogP contribution in [0.15, 0.2) is 24.0 Å². The Kier molecular flexibility index (Phi) is 4.50. The number of piperidine rings is 1. The van der Waals surface area contributed by atoms with Crippen LogP contribution >= 0.6 is 0 Å². The Morgan fingerprint density at radius 2 is 2.04 bits per heavy atom. The molecule has 136 valence electrons. The van der Waals surface area contributed by atoms with Gasteiger partial charge in [-0.05, 0) is 17.7 Å². The molecule has 4 atom stereocenters. The molecule has 1 aliphatic heterocycles. The molecule has 1 saturated heterocycles. The van der Waals surface area contributed by atoms with E-state index < -0.39 is 0 Å². The summed E-state index contributed by atoms with van der Waals surface area (Å²) in [7, 11) is 5.35. The SMILES string of the molecule is COC1=CC2[C@@H]3Cc4ccc(OC)c(O)c4C2(CC[NH+]3C)CC1=O.[Cl-]. The third-order valence-corrected chi connectivity index (χ3v) is 6.36. The van der Waals surface area contributed by atoms with E-state index in [0.29, 0.717) is 24.0 Å². The standard InChI is InChI=1S/C19H23NO4.ClH/c1-20-7-6-19-10-14(21)16(24-3)9-12(19)13(20)8-11-4-5-15(23-2)18(22)17(11)19;/h4-5,9,12-13,22H,6-8,10H2,1-3H3;1H/t12?,13-,19?;/m0./s1. The monoisotopic (exact) mass is 365 g/mol. The number of carbonyl (C=O) groups is 1. The molecule has 0 radical (unpaired) electrons. The summed E-state index contributed by atoms with van der Waals surface area (Å²) in [4.78, 5) is 14.1. The van der Waals surface area contributed by atoms with Gasteiger partial charge in [0.2, 0.25) is 0 Å². The lowest BCUT2D eigenvalue weighted by atomic mass is 9.53. The molecule has 0 aromatic heterocycles. The molecule has 2 N–H and O–H groups in total. The van der Waals surface area contributed by atoms with Crippen LogP contribution in [-0.2, 0) is 21.4 Å². The highest BCUT2D eigenvalue weighted by molar-refractivity contribution is 5.96. The number of rotatable bonds is 2. The molecule has 1 fully saturated rings. The van der Waals surface area contributed by atoms with E-state index in [4.69, 9.17) is 9.47 Å². The number of likely N-dealkylation sites (N-methyl/N-ethyl adjacent to an activating group) is 1. The molecule has 0 saturated carbocycles. The first-order valence-electron chi connectivity index (χ1n) is 8.52. The molecule has 4 rings (SSSR count). The molecule has 1 aromatic carbocycles. The van der Waals surface area contributed by atoms with Crippen LogP contribution in [0.4, 0.5) is 0 Å². The lowest BCUT2D eigenvalue weighted by molar-refractivity contribution is -0.917. The van der Waals surface area contributed by atoms with Gasteiger partial charge in [-0.1, -0.05) is 6.07 Å². The lowest BCUT2D eigenvalue weighted by Crippen LogP contribution is -3.16. The third-order valence-electron chi connectivity index (χ3n) is 6.36. The minimum absolute atomic E-state index is 0. The van der Waals surface area contributed by atoms with Gasteiger partial charge in [-0.2, -0.15) is 0 Å². The second-order valence-corrected chi connectivity index (χ2v) is 7.32. The number of ether oxygens (including phenoxy) is 2. The number of halogens is 1. The van der Waals surface area contributed by atoms with Gasteiger partial charge in [0.15, 0.2) is 23.0 Å². The van der Waals surface area contributed by atoms with Gasteiger partial charge in [-0.15, -0.1) is 0 Å². The molecule has 25 heavy (non-hydrogen) atoms. The molecule has 2 bridgehead atoms. The number of carbonyl (C=O) groups excluding carboxylic acids is 1. The normalized spacial score (nSPS) is 32.7. The zero-order valence-electron chi connectivity index (χ0n) is 14.8. The molecule has 0 amide bonds. The molecule has 0 spiro atoms. The van der Waals surface area contributed by atoms with Crippen LogP contribution in [0.2, 0.25) is 0 Å². The van der Waals surface area contributed by atoms with Crippen LogP contribution < -0.4 is 22.0 Å². The number of aromatic hydroxyl groups is 1. The van der Waals surface area contributed by atoms with Crippen LogP contribution in [0.1, 0.15) is 24.0 Å². The van der Waals surface area contributed by atoms with Crippen molar-refractivity contribution in [3.05, 3.63) is 35.1 Å². The molecular formula is C19H24ClNO4. The number of likely N-dealkylation sites (tertiary alicyclic amines) is 1. The van der Waals surface area contributed by atoms with Gasteiger partial charge in [0.25, 0.3) is 0 Å². The zero-order chi connectivity index (χ0) is 17.1. The maximum Gasteiger partial charge on any atom is 0.197 e. The minimum atomic E-state index is -0.338. The fraction of sp³-hybridized carbons (Fsp3) is 0.526. The van der Waals surface area contributed by atoms with Crippen molar-refractivity contribution in [1.82, 2.24) is 0 Å². The Morgan fingerprint density at radius 1 is 1.28 bits per heavy atom. The third kappa shape index (κ3) is 2.36. The average Bonchev–Trinajstić information content (AvgIpc) is 2.57. The molecular weight excluding hydrogens is 342 g/mol. The lowest BCUT2D eigenvalue weighted by Gasteiger charge is -2.54. The number of Topliss-reactive ketones (excluding diaryl/α,β-unsaturated/α-hetero) is 1. The highest BCUT2D eigenvalue weighted by Crippen LogP contribution is 2.55. The van der Waals surface area contributed by atoms with Crippen LogP contribution in [-0.4, -0.2) is 44.7 Å². The fourth-order valence-electron chi connectivity index (χ4n) is 5.18. The Labute approximate surface area is 154 Å². The van der Waals surface area contributed by atoms with Gasteiger partial charge in [0.1, 0.15) is 0 Å². The highest BCUT2D eigenvalue weighted by Gasteiger charge is 2.58. The van der Waals surface area contributed by atoms with Crippen LogP contribution in [0, 0.1) is 5.92 Å². The molecule has 1 aromatic rings. The summed E-state index contributed by atoms with van der Waals surface area (Å²) >= 11 is 0. The molecule has 6 heteroatoms. The van der Waals surface area contributed by atoms with E-state index in [0.717, 1.165) is 30.5 Å². The van der Waals surface area contributed by atoms with E-state index in [1.54, 1.807) is 14.2 Å². The quantitative estimate of drug-likeness (QED) is 0.614. The number of ketones is 1. The molecule has 5 nitrogen and oxygen atoms in total. The number of hydrogen-bond acceptors (Lipinski definition) is 4. The number of fused-ring (bicyclic) bond motifs is 1. The summed E-state index contributed by atoms with van der Waals surface area (Å²) < 4.78 is 10.7. The van der Waals surface area contributed by atoms with Crippen molar-refractivity contribution < 1.29 is 36.7 Å². The number of methoxy groups -OCH3 is 2. The van der Waals surface area contributed by atoms with Crippen molar-refractivity contribution in [3.8, 4) is 11.5 Å². The van der Waals surface area contributed by atoms with E-state index in [1.807, 2.05) is 12.1 Å². The maximum absolute atomic E-state index is 12.6. The first-order chi connectivity index (χ1) is 11.5. The van der Waals surface area contributed by atoms with E-state index >= 15 is 0 Å². The van der Waals surface area contributed by atoms with Crippen molar-refractivity contribution in [2.75, 3.05) is 27.8 Å². The van der Waals surface area contributed by atoms with Gasteiger partial charge in [0, 0.05) is 36.2 Å². The maximum atomic E-state index is 12.6. The van der Waals surface area contributed by atoms with Gasteiger partial charge in [-0.25, -0.2) is 0 Å². The molecule has 3 aliphatic rings. The van der Waals surface area contributed by atoms with Gasteiger partial charge >= 0.3 is 0 Å². The van der Waals surface area contributed by atoms with Crippen molar-refractivity contribution in [2.45, 2.75) is 30.7 Å². The van der Waals surface area contributed by atoms with Gasteiger partial charge in [-0.3, -0.25) is 4.79 Å². The predicted molar refractivity (Wildman–Crippen MR) is 88.4 cm³/mol. The van der Waals surface area contributed by atoms with Gasteiger partial charge in [0.05, 0.1) is 33.9 Å². The van der Waals surface area contributed by atoms with Crippen molar-refractivity contribution in [1.29, 1.82) is 0 Å². The Balaban J connectivity index is 0.00000182. The zero-order valence-corrected chi connectivity index (χ0v) is 15.5. The molecule has 2 aliphatic carbocycles. The van der Waals surface area contributed by atoms with E-state index in [1.165, 1.54) is 4.90 Å². The number of allylic oxidation sites excluding steroid dienone is 1. The fourth-order valence-corrected chi connectivity index (χ4v) is 5.18. The number of nitrogens with one attached hydrogen (secondary N) is 1. The number of phenolic OH excluding ortho intramolecular Hbond substituents is 1. The summed E-state index contributed by atoms with van der Waals surface area (Å²) in [6.45, 7) is 1.00. The van der Waals surface area contributed by atoms with Crippen LogP contribution in [0.5, 0.6) is 11.5 Å². The number of hydrogen-bond donors (Lipinski definition) is 2. The largest absolute Gasteiger partial charge is 1.00 e. The summed E-state index contributed by atoms with van der Waals surface area (Å²) in [6.07, 6.45) is 4.19. The highest BCUT2D eigenvalue weighted by atomic mass is 35.5. The second kappa shape index (κ2) is 6.22. The molecule has 3 unspecified atom stereocenters. The van der Waals surface area contributed by atoms with Crippen molar-refractivity contribution in [3.63, 3.8) is 0 Å². The predicted octanol–water partition coefficient (Wildman–Crippen LogP) is -2.39.